The summed E-state index contributed by atoms with van der Waals surface area (Å²) in [7, 11) is 4.23. The van der Waals surface area contributed by atoms with Crippen molar-refractivity contribution in [3.05, 3.63) is 93.2 Å². The lowest BCUT2D eigenvalue weighted by molar-refractivity contribution is -0.257. The molecule has 19 heteroatoms. The Labute approximate surface area is 374 Å². The molecular formula is C47H43NO18. The van der Waals surface area contributed by atoms with Crippen molar-refractivity contribution < 1.29 is 76.1 Å². The molecule has 0 unspecified atom stereocenters. The first-order chi connectivity index (χ1) is 31.5. The molecule has 0 saturated carbocycles. The number of phenols is 2. The van der Waals surface area contributed by atoms with E-state index >= 15 is 0 Å². The van der Waals surface area contributed by atoms with E-state index in [2.05, 4.69) is 5.32 Å². The Morgan fingerprint density at radius 3 is 1.89 bits per heavy atom. The third kappa shape index (κ3) is 9.41. The number of methoxy groups -OCH3 is 3. The molecule has 2 aromatic heterocycles. The van der Waals surface area contributed by atoms with E-state index in [4.69, 9.17) is 46.7 Å². The summed E-state index contributed by atoms with van der Waals surface area (Å²) in [4.78, 5) is 77.5. The molecule has 1 aliphatic heterocycles. The van der Waals surface area contributed by atoms with Gasteiger partial charge in [0.05, 0.1) is 26.9 Å². The molecule has 4 aromatic carbocycles. The van der Waals surface area contributed by atoms with Crippen LogP contribution in [0, 0.1) is 0 Å². The van der Waals surface area contributed by atoms with Gasteiger partial charge < -0.3 is 62.3 Å². The predicted octanol–water partition coefficient (Wildman–Crippen LogP) is 5.37. The van der Waals surface area contributed by atoms with Gasteiger partial charge in [-0.1, -0.05) is 0 Å². The average molecular weight is 910 g/mol. The topological polar surface area (TPSA) is 255 Å². The minimum absolute atomic E-state index is 0.00267. The first-order valence-electron chi connectivity index (χ1n) is 20.1. The maximum absolute atomic E-state index is 14.1. The first-order valence-corrected chi connectivity index (χ1v) is 20.1. The van der Waals surface area contributed by atoms with Crippen LogP contribution in [0.5, 0.6) is 34.5 Å². The predicted molar refractivity (Wildman–Crippen MR) is 232 cm³/mol. The van der Waals surface area contributed by atoms with Gasteiger partial charge in [0.2, 0.25) is 12.2 Å². The highest BCUT2D eigenvalue weighted by Crippen LogP contribution is 2.47. The highest BCUT2D eigenvalue weighted by molar-refractivity contribution is 6.01. The largest absolute Gasteiger partial charge is 0.507 e. The number of benzene rings is 4. The van der Waals surface area contributed by atoms with E-state index in [1.165, 1.54) is 57.7 Å². The second-order valence-electron chi connectivity index (χ2n) is 14.9. The number of carbonyl (C=O) groups excluding carboxylic acids is 4. The van der Waals surface area contributed by atoms with Crippen molar-refractivity contribution in [3.8, 4) is 68.3 Å². The fourth-order valence-electron chi connectivity index (χ4n) is 7.61. The molecule has 19 nitrogen and oxygen atoms in total. The van der Waals surface area contributed by atoms with E-state index in [0.717, 1.165) is 33.8 Å². The summed E-state index contributed by atoms with van der Waals surface area (Å²) in [5.41, 5.74) is -0.749. The number of ether oxygens (including phenoxy) is 8. The van der Waals surface area contributed by atoms with Crippen LogP contribution >= 0.6 is 0 Å². The summed E-state index contributed by atoms with van der Waals surface area (Å²) in [6.07, 6.45) is -6.10. The SMILES string of the molecule is COc1ccc(-c2cc(=O)c3c(O)cc(O[C@@H]4O[C@H](COC(C)=O)[C@@H](OC(C)=O)[C@H](OC(C)=O)[C@H]4NC(C)=O)c(-c4cc(-c5cc(=O)c6c(O)cc(OC)cc6o5)ccc4OC)c3o2)cc1. The van der Waals surface area contributed by atoms with Crippen molar-refractivity contribution in [2.24, 2.45) is 0 Å². The number of amides is 1. The zero-order valence-electron chi connectivity index (χ0n) is 36.4. The van der Waals surface area contributed by atoms with Crippen molar-refractivity contribution in [2.45, 2.75) is 58.3 Å². The molecule has 6 aromatic rings. The standard InChI is InChI=1S/C47H43NO18/c1-21(49)48-43-46(62-24(4)52)44(61-23(3)51)39(20-60-22(2)50)66-47(43)65-38-19-33(56)42-32(55)18-35(25-8-11-27(57-5)12-9-25)64-45(42)40(38)29-14-26(10-13-34(29)59-7)36-17-31(54)41-30(53)15-28(58-6)16-37(41)63-36/h8-19,39,43-44,46-47,53,56H,20H2,1-7H3,(H,48,49)/t39-,43-,44-,46-,47-/m1/s1. The van der Waals surface area contributed by atoms with Gasteiger partial charge in [-0.25, -0.2) is 0 Å². The van der Waals surface area contributed by atoms with E-state index in [9.17, 15) is 39.0 Å². The number of hydrogen-bond acceptors (Lipinski definition) is 18. The van der Waals surface area contributed by atoms with Gasteiger partial charge in [0.25, 0.3) is 0 Å². The molecular weight excluding hydrogens is 867 g/mol. The molecule has 1 aliphatic rings. The fourth-order valence-corrected chi connectivity index (χ4v) is 7.61. The molecule has 5 atom stereocenters. The van der Waals surface area contributed by atoms with Gasteiger partial charge in [-0.05, 0) is 42.5 Å². The number of esters is 3. The number of fused-ring (bicyclic) bond motifs is 2. The zero-order chi connectivity index (χ0) is 47.6. The van der Waals surface area contributed by atoms with Crippen LogP contribution in [0.25, 0.3) is 55.7 Å². The molecule has 0 spiro atoms. The summed E-state index contributed by atoms with van der Waals surface area (Å²) in [6.45, 7) is 3.91. The van der Waals surface area contributed by atoms with Crippen LogP contribution in [-0.4, -0.2) is 92.6 Å². The normalized spacial score (nSPS) is 18.0. The molecule has 344 valence electrons. The molecule has 1 saturated heterocycles. The van der Waals surface area contributed by atoms with Gasteiger partial charge >= 0.3 is 17.9 Å². The van der Waals surface area contributed by atoms with Crippen molar-refractivity contribution in [2.75, 3.05) is 27.9 Å². The summed E-state index contributed by atoms with van der Waals surface area (Å²) in [6, 6.07) is 15.9. The molecule has 0 radical (unpaired) electrons. The number of hydrogen-bond donors (Lipinski definition) is 3. The van der Waals surface area contributed by atoms with Gasteiger partial charge in [-0.2, -0.15) is 0 Å². The molecule has 1 amide bonds. The number of carbonyl (C=O) groups is 4. The monoisotopic (exact) mass is 909 g/mol. The second kappa shape index (κ2) is 19.0. The lowest BCUT2D eigenvalue weighted by atomic mass is 9.95. The van der Waals surface area contributed by atoms with Crippen molar-refractivity contribution in [1.82, 2.24) is 5.32 Å². The highest BCUT2D eigenvalue weighted by atomic mass is 16.7. The van der Waals surface area contributed by atoms with Gasteiger partial charge in [-0.3, -0.25) is 28.8 Å². The van der Waals surface area contributed by atoms with Gasteiger partial charge in [0.1, 0.15) is 81.1 Å². The smallest absolute Gasteiger partial charge is 0.303 e. The molecule has 3 N–H and O–H groups in total. The Morgan fingerprint density at radius 1 is 0.652 bits per heavy atom. The fraction of sp³-hybridized carbons (Fsp3) is 0.277. The molecule has 66 heavy (non-hydrogen) atoms. The first kappa shape index (κ1) is 45.9. The van der Waals surface area contributed by atoms with Crippen LogP contribution in [0.1, 0.15) is 27.7 Å². The second-order valence-corrected chi connectivity index (χ2v) is 14.9. The molecule has 3 heterocycles. The van der Waals surface area contributed by atoms with Crippen LogP contribution in [0.15, 0.2) is 91.2 Å². The Bertz CT molecular complexity index is 2990. The lowest BCUT2D eigenvalue weighted by Crippen LogP contribution is -2.67. The quantitative estimate of drug-likeness (QED) is 0.0972. The van der Waals surface area contributed by atoms with Crippen LogP contribution in [0.3, 0.4) is 0 Å². The van der Waals surface area contributed by atoms with Crippen molar-refractivity contribution >= 4 is 45.8 Å². The third-order valence-electron chi connectivity index (χ3n) is 10.4. The number of nitrogens with one attached hydrogen (secondary N) is 1. The summed E-state index contributed by atoms with van der Waals surface area (Å²) in [5, 5.41) is 24.6. The van der Waals surface area contributed by atoms with Crippen LogP contribution in [-0.2, 0) is 38.1 Å². The average Bonchev–Trinajstić information content (AvgIpc) is 3.26. The summed E-state index contributed by atoms with van der Waals surface area (Å²) < 4.78 is 58.5. The third-order valence-corrected chi connectivity index (χ3v) is 10.4. The Balaban J connectivity index is 1.51. The number of phenolic OH excluding ortho intramolecular Hbond substituents is 2. The molecule has 0 bridgehead atoms. The van der Waals surface area contributed by atoms with E-state index in [1.807, 2.05) is 0 Å². The molecule has 1 fully saturated rings. The van der Waals surface area contributed by atoms with Gasteiger partial charge in [-0.15, -0.1) is 0 Å². The van der Waals surface area contributed by atoms with E-state index in [1.54, 1.807) is 30.3 Å². The minimum Gasteiger partial charge on any atom is -0.507 e. The van der Waals surface area contributed by atoms with E-state index < -0.39 is 77.7 Å². The number of aromatic hydroxyl groups is 2. The van der Waals surface area contributed by atoms with Crippen molar-refractivity contribution in [3.63, 3.8) is 0 Å². The molecule has 7 rings (SSSR count). The minimum atomic E-state index is -1.71. The maximum atomic E-state index is 14.1. The van der Waals surface area contributed by atoms with Crippen molar-refractivity contribution in [1.29, 1.82) is 0 Å². The maximum Gasteiger partial charge on any atom is 0.303 e. The van der Waals surface area contributed by atoms with E-state index in [0.29, 0.717) is 11.3 Å². The number of rotatable bonds is 13. The molecule has 0 aliphatic carbocycles. The van der Waals surface area contributed by atoms with Gasteiger partial charge in [0, 0.05) is 74.7 Å². The Morgan fingerprint density at radius 2 is 1.27 bits per heavy atom. The van der Waals surface area contributed by atoms with Crippen LogP contribution in [0.2, 0.25) is 0 Å². The Kier molecular flexibility index (Phi) is 13.2. The lowest BCUT2D eigenvalue weighted by Gasteiger charge is -2.45. The Hall–Kier alpha value is -8.06. The summed E-state index contributed by atoms with van der Waals surface area (Å²) >= 11 is 0. The zero-order valence-corrected chi connectivity index (χ0v) is 36.4. The van der Waals surface area contributed by atoms with Gasteiger partial charge in [0.15, 0.2) is 28.6 Å². The van der Waals surface area contributed by atoms with E-state index in [-0.39, 0.29) is 73.1 Å². The van der Waals surface area contributed by atoms with Crippen LogP contribution < -0.4 is 35.1 Å². The van der Waals surface area contributed by atoms with Crippen LogP contribution in [0.4, 0.5) is 0 Å². The highest BCUT2D eigenvalue weighted by Gasteiger charge is 2.52. The summed E-state index contributed by atoms with van der Waals surface area (Å²) in [5.74, 6) is -3.43.